The third-order valence-electron chi connectivity index (χ3n) is 3.15. The predicted molar refractivity (Wildman–Crippen MR) is 59.7 cm³/mol. The van der Waals surface area contributed by atoms with Crippen molar-refractivity contribution in [3.8, 4) is 0 Å². The molecule has 1 amide bonds. The first-order chi connectivity index (χ1) is 6.90. The number of ether oxygens (including phenoxy) is 1. The van der Waals surface area contributed by atoms with Gasteiger partial charge in [-0.1, -0.05) is 0 Å². The van der Waals surface area contributed by atoms with Gasteiger partial charge in [-0.25, -0.2) is 0 Å². The monoisotopic (exact) mass is 214 g/mol. The lowest BCUT2D eigenvalue weighted by molar-refractivity contribution is -0.139. The van der Waals surface area contributed by atoms with Crippen molar-refractivity contribution in [2.75, 3.05) is 20.2 Å². The van der Waals surface area contributed by atoms with E-state index >= 15 is 0 Å². The van der Waals surface area contributed by atoms with Crippen molar-refractivity contribution in [3.63, 3.8) is 0 Å². The average molecular weight is 214 g/mol. The second kappa shape index (κ2) is 4.49. The van der Waals surface area contributed by atoms with Gasteiger partial charge < -0.3 is 15.4 Å². The Morgan fingerprint density at radius 2 is 2.27 bits per heavy atom. The van der Waals surface area contributed by atoms with Crippen molar-refractivity contribution < 1.29 is 9.53 Å². The summed E-state index contributed by atoms with van der Waals surface area (Å²) in [5, 5.41) is 6.33. The van der Waals surface area contributed by atoms with E-state index in [1.165, 1.54) is 6.42 Å². The van der Waals surface area contributed by atoms with Crippen molar-refractivity contribution in [1.82, 2.24) is 10.6 Å². The highest BCUT2D eigenvalue weighted by molar-refractivity contribution is 5.84. The minimum Gasteiger partial charge on any atom is -0.369 e. The second-order valence-corrected chi connectivity index (χ2v) is 4.99. The second-order valence-electron chi connectivity index (χ2n) is 4.99. The van der Waals surface area contributed by atoms with Gasteiger partial charge in [-0.2, -0.15) is 0 Å². The third kappa shape index (κ3) is 3.18. The fourth-order valence-corrected chi connectivity index (χ4v) is 1.69. The summed E-state index contributed by atoms with van der Waals surface area (Å²) in [6, 6.07) is 0. The summed E-state index contributed by atoms with van der Waals surface area (Å²) in [4.78, 5) is 11.7. The van der Waals surface area contributed by atoms with Crippen molar-refractivity contribution in [1.29, 1.82) is 0 Å². The lowest BCUT2D eigenvalue weighted by atomic mass is 10.00. The average Bonchev–Trinajstić information content (AvgIpc) is 2.62. The number of rotatable bonds is 4. The number of hydrogen-bond donors (Lipinski definition) is 2. The van der Waals surface area contributed by atoms with Gasteiger partial charge in [0.2, 0.25) is 0 Å². The molecule has 1 rings (SSSR count). The lowest BCUT2D eigenvalue weighted by Crippen LogP contribution is -2.52. The first-order valence-electron chi connectivity index (χ1n) is 5.48. The number of carbonyl (C=O) groups excluding carboxylic acids is 1. The molecule has 0 saturated carbocycles. The van der Waals surface area contributed by atoms with E-state index in [0.717, 1.165) is 13.0 Å². The van der Waals surface area contributed by atoms with Crippen LogP contribution in [0.3, 0.4) is 0 Å². The molecule has 0 aromatic carbocycles. The van der Waals surface area contributed by atoms with Crippen LogP contribution in [0.2, 0.25) is 0 Å². The Morgan fingerprint density at radius 1 is 1.60 bits per heavy atom. The summed E-state index contributed by atoms with van der Waals surface area (Å²) in [6.45, 7) is 7.39. The van der Waals surface area contributed by atoms with Gasteiger partial charge in [-0.15, -0.1) is 0 Å². The Balaban J connectivity index is 2.40. The Kier molecular flexibility index (Phi) is 3.73. The molecule has 15 heavy (non-hydrogen) atoms. The summed E-state index contributed by atoms with van der Waals surface area (Å²) < 4.78 is 5.12. The Hall–Kier alpha value is -0.610. The predicted octanol–water partition coefficient (Wildman–Crippen LogP) is 0.670. The largest absolute Gasteiger partial charge is 0.369 e. The molecule has 1 unspecified atom stereocenters. The normalized spacial score (nSPS) is 26.7. The van der Waals surface area contributed by atoms with Gasteiger partial charge >= 0.3 is 0 Å². The number of carbonyl (C=O) groups is 1. The van der Waals surface area contributed by atoms with Crippen LogP contribution in [-0.4, -0.2) is 37.2 Å². The zero-order valence-electron chi connectivity index (χ0n) is 10.1. The van der Waals surface area contributed by atoms with Crippen molar-refractivity contribution in [3.05, 3.63) is 0 Å². The maximum absolute atomic E-state index is 11.7. The first-order valence-corrected chi connectivity index (χ1v) is 5.48. The van der Waals surface area contributed by atoms with Crippen LogP contribution >= 0.6 is 0 Å². The minimum absolute atomic E-state index is 0.0550. The zero-order valence-corrected chi connectivity index (χ0v) is 10.1. The molecular weight excluding hydrogens is 192 g/mol. The molecule has 1 aliphatic rings. The van der Waals surface area contributed by atoms with Crippen molar-refractivity contribution >= 4 is 5.91 Å². The molecule has 0 aromatic rings. The summed E-state index contributed by atoms with van der Waals surface area (Å²) in [7, 11) is 1.55. The van der Waals surface area contributed by atoms with Crippen molar-refractivity contribution in [2.45, 2.75) is 44.8 Å². The van der Waals surface area contributed by atoms with Crippen LogP contribution in [0, 0.1) is 0 Å². The summed E-state index contributed by atoms with van der Waals surface area (Å²) in [6.07, 6.45) is 2.29. The summed E-state index contributed by atoms with van der Waals surface area (Å²) in [5.41, 5.74) is -0.686. The molecule has 0 bridgehead atoms. The molecule has 0 spiro atoms. The van der Waals surface area contributed by atoms with E-state index in [2.05, 4.69) is 17.6 Å². The van der Waals surface area contributed by atoms with E-state index in [-0.39, 0.29) is 11.4 Å². The topological polar surface area (TPSA) is 50.4 Å². The highest BCUT2D eigenvalue weighted by Crippen LogP contribution is 2.17. The van der Waals surface area contributed by atoms with E-state index in [4.69, 9.17) is 4.74 Å². The Labute approximate surface area is 91.8 Å². The van der Waals surface area contributed by atoms with Crippen LogP contribution in [-0.2, 0) is 9.53 Å². The molecule has 1 heterocycles. The Morgan fingerprint density at radius 3 is 2.73 bits per heavy atom. The van der Waals surface area contributed by atoms with Crippen LogP contribution in [0.15, 0.2) is 0 Å². The Bertz CT molecular complexity index is 233. The minimum atomic E-state index is -0.741. The van der Waals surface area contributed by atoms with Gasteiger partial charge in [0.05, 0.1) is 0 Å². The SMILES string of the molecule is COC(C)(C)C(=O)NCC1(C)CCCN1. The highest BCUT2D eigenvalue weighted by atomic mass is 16.5. The maximum Gasteiger partial charge on any atom is 0.251 e. The van der Waals surface area contributed by atoms with Gasteiger partial charge in [-0.3, -0.25) is 4.79 Å². The van der Waals surface area contributed by atoms with E-state index in [9.17, 15) is 4.79 Å². The van der Waals surface area contributed by atoms with Gasteiger partial charge in [-0.05, 0) is 40.2 Å². The lowest BCUT2D eigenvalue weighted by Gasteiger charge is -2.28. The molecule has 0 aliphatic carbocycles. The molecule has 2 N–H and O–H groups in total. The van der Waals surface area contributed by atoms with Crippen LogP contribution in [0.25, 0.3) is 0 Å². The summed E-state index contributed by atoms with van der Waals surface area (Å²) >= 11 is 0. The van der Waals surface area contributed by atoms with E-state index in [1.54, 1.807) is 21.0 Å². The van der Waals surface area contributed by atoms with Crippen LogP contribution in [0.5, 0.6) is 0 Å². The molecule has 1 aliphatic heterocycles. The maximum atomic E-state index is 11.7. The van der Waals surface area contributed by atoms with Gasteiger partial charge in [0.1, 0.15) is 5.60 Å². The van der Waals surface area contributed by atoms with E-state index < -0.39 is 5.60 Å². The van der Waals surface area contributed by atoms with Crippen LogP contribution < -0.4 is 10.6 Å². The fourth-order valence-electron chi connectivity index (χ4n) is 1.69. The number of nitrogens with one attached hydrogen (secondary N) is 2. The number of hydrogen-bond acceptors (Lipinski definition) is 3. The van der Waals surface area contributed by atoms with Crippen LogP contribution in [0.4, 0.5) is 0 Å². The molecule has 1 fully saturated rings. The molecule has 0 aromatic heterocycles. The quantitative estimate of drug-likeness (QED) is 0.723. The fraction of sp³-hybridized carbons (Fsp3) is 0.909. The van der Waals surface area contributed by atoms with Crippen molar-refractivity contribution in [2.24, 2.45) is 0 Å². The van der Waals surface area contributed by atoms with Gasteiger partial charge in [0.25, 0.3) is 5.91 Å². The number of methoxy groups -OCH3 is 1. The molecule has 88 valence electrons. The first kappa shape index (κ1) is 12.5. The van der Waals surface area contributed by atoms with Gasteiger partial charge in [0.15, 0.2) is 0 Å². The molecule has 1 atom stereocenters. The van der Waals surface area contributed by atoms with E-state index in [1.807, 2.05) is 0 Å². The highest BCUT2D eigenvalue weighted by Gasteiger charge is 2.32. The summed E-state index contributed by atoms with van der Waals surface area (Å²) in [5.74, 6) is -0.0556. The van der Waals surface area contributed by atoms with Crippen LogP contribution in [0.1, 0.15) is 33.6 Å². The molecule has 1 saturated heterocycles. The smallest absolute Gasteiger partial charge is 0.251 e. The molecule has 4 heteroatoms. The van der Waals surface area contributed by atoms with E-state index in [0.29, 0.717) is 6.54 Å². The standard InChI is InChI=1S/C11H22N2O2/c1-10(2,15-4)9(14)12-8-11(3)6-5-7-13-11/h13H,5-8H2,1-4H3,(H,12,14). The molecule has 0 radical (unpaired) electrons. The molecular formula is C11H22N2O2. The number of amides is 1. The van der Waals surface area contributed by atoms with Gasteiger partial charge in [0, 0.05) is 19.2 Å². The zero-order chi connectivity index (χ0) is 11.5. The third-order valence-corrected chi connectivity index (χ3v) is 3.15. The molecule has 4 nitrogen and oxygen atoms in total.